The zero-order valence-corrected chi connectivity index (χ0v) is 10.3. The third-order valence-corrected chi connectivity index (χ3v) is 4.11. The molecule has 2 N–H and O–H groups in total. The molecule has 0 atom stereocenters. The van der Waals surface area contributed by atoms with E-state index in [1.807, 2.05) is 13.8 Å². The van der Waals surface area contributed by atoms with Crippen LogP contribution in [0.2, 0.25) is 0 Å². The first-order valence-electron chi connectivity index (χ1n) is 6.10. The van der Waals surface area contributed by atoms with Crippen molar-refractivity contribution in [3.05, 3.63) is 0 Å². The van der Waals surface area contributed by atoms with Gasteiger partial charge in [-0.05, 0) is 45.2 Å². The SMILES string of the molecule is CC(C)(CN1CCC2(CC1)CNC2)C(=O)O. The summed E-state index contributed by atoms with van der Waals surface area (Å²) >= 11 is 0. The lowest BCUT2D eigenvalue weighted by Crippen LogP contribution is -2.59. The number of rotatable bonds is 3. The van der Waals surface area contributed by atoms with Gasteiger partial charge in [-0.15, -0.1) is 0 Å². The Hall–Kier alpha value is -0.610. The van der Waals surface area contributed by atoms with E-state index in [0.29, 0.717) is 12.0 Å². The fraction of sp³-hybridized carbons (Fsp3) is 0.917. The van der Waals surface area contributed by atoms with Crippen LogP contribution in [-0.2, 0) is 4.79 Å². The van der Waals surface area contributed by atoms with Crippen LogP contribution in [0.1, 0.15) is 26.7 Å². The highest BCUT2D eigenvalue weighted by molar-refractivity contribution is 5.73. The largest absolute Gasteiger partial charge is 0.481 e. The predicted octanol–water partition coefficient (Wildman–Crippen LogP) is 0.783. The molecule has 92 valence electrons. The fourth-order valence-corrected chi connectivity index (χ4v) is 2.64. The van der Waals surface area contributed by atoms with E-state index < -0.39 is 11.4 Å². The summed E-state index contributed by atoms with van der Waals surface area (Å²) in [6.45, 7) is 8.71. The van der Waals surface area contributed by atoms with Gasteiger partial charge in [0.2, 0.25) is 0 Å². The molecule has 0 aromatic rings. The van der Waals surface area contributed by atoms with Crippen LogP contribution >= 0.6 is 0 Å². The standard InChI is InChI=1S/C12H22N2O2/c1-11(2,10(15)16)9-14-5-3-12(4-6-14)7-13-8-12/h13H,3-9H2,1-2H3,(H,15,16). The maximum Gasteiger partial charge on any atom is 0.310 e. The number of carbonyl (C=O) groups is 1. The van der Waals surface area contributed by atoms with E-state index >= 15 is 0 Å². The molecule has 0 aromatic heterocycles. The van der Waals surface area contributed by atoms with Crippen LogP contribution in [0.3, 0.4) is 0 Å². The summed E-state index contributed by atoms with van der Waals surface area (Å²) in [6.07, 6.45) is 2.44. The average Bonchev–Trinajstić information content (AvgIpc) is 2.16. The fourth-order valence-electron chi connectivity index (χ4n) is 2.64. The van der Waals surface area contributed by atoms with Crippen molar-refractivity contribution in [2.75, 3.05) is 32.7 Å². The quantitative estimate of drug-likeness (QED) is 0.747. The Morgan fingerprint density at radius 1 is 1.38 bits per heavy atom. The first-order chi connectivity index (χ1) is 7.44. The number of aliphatic carboxylic acids is 1. The van der Waals surface area contributed by atoms with E-state index in [-0.39, 0.29) is 0 Å². The third kappa shape index (κ3) is 2.23. The summed E-state index contributed by atoms with van der Waals surface area (Å²) in [5, 5.41) is 12.4. The molecule has 2 heterocycles. The maximum absolute atomic E-state index is 11.1. The Bertz CT molecular complexity index is 275. The number of nitrogens with one attached hydrogen (secondary N) is 1. The number of carboxylic acids is 1. The van der Waals surface area contributed by atoms with E-state index in [0.717, 1.165) is 26.2 Å². The number of likely N-dealkylation sites (tertiary alicyclic amines) is 1. The van der Waals surface area contributed by atoms with Gasteiger partial charge in [-0.25, -0.2) is 0 Å². The van der Waals surface area contributed by atoms with Crippen molar-refractivity contribution in [3.63, 3.8) is 0 Å². The predicted molar refractivity (Wildman–Crippen MR) is 62.4 cm³/mol. The number of hydrogen-bond donors (Lipinski definition) is 2. The van der Waals surface area contributed by atoms with E-state index in [1.54, 1.807) is 0 Å². The molecule has 0 radical (unpaired) electrons. The number of piperidine rings is 1. The normalized spacial score (nSPS) is 25.4. The maximum atomic E-state index is 11.1. The smallest absolute Gasteiger partial charge is 0.310 e. The summed E-state index contributed by atoms with van der Waals surface area (Å²) in [5.41, 5.74) is -0.0771. The van der Waals surface area contributed by atoms with Crippen molar-refractivity contribution < 1.29 is 9.90 Å². The van der Waals surface area contributed by atoms with Crippen LogP contribution in [0.5, 0.6) is 0 Å². The molecule has 4 heteroatoms. The van der Waals surface area contributed by atoms with Gasteiger partial charge < -0.3 is 15.3 Å². The van der Waals surface area contributed by atoms with E-state index in [1.165, 1.54) is 12.8 Å². The Morgan fingerprint density at radius 2 is 1.94 bits per heavy atom. The molecular weight excluding hydrogens is 204 g/mol. The molecule has 2 saturated heterocycles. The summed E-state index contributed by atoms with van der Waals surface area (Å²) in [5.74, 6) is -0.696. The van der Waals surface area contributed by atoms with Crippen LogP contribution in [0.15, 0.2) is 0 Å². The number of nitrogens with zero attached hydrogens (tertiary/aromatic N) is 1. The van der Waals surface area contributed by atoms with Crippen LogP contribution in [0.25, 0.3) is 0 Å². The van der Waals surface area contributed by atoms with Gasteiger partial charge in [0.05, 0.1) is 5.41 Å². The summed E-state index contributed by atoms with van der Waals surface area (Å²) in [6, 6.07) is 0. The Labute approximate surface area is 97.0 Å². The van der Waals surface area contributed by atoms with Crippen molar-refractivity contribution in [2.24, 2.45) is 10.8 Å². The van der Waals surface area contributed by atoms with Gasteiger partial charge in [-0.3, -0.25) is 4.79 Å². The minimum atomic E-state index is -0.696. The zero-order valence-electron chi connectivity index (χ0n) is 10.3. The first kappa shape index (κ1) is 11.9. The third-order valence-electron chi connectivity index (χ3n) is 4.11. The molecule has 0 saturated carbocycles. The Kier molecular flexibility index (Phi) is 2.97. The van der Waals surface area contributed by atoms with Gasteiger partial charge >= 0.3 is 5.97 Å². The molecule has 16 heavy (non-hydrogen) atoms. The van der Waals surface area contributed by atoms with Crippen LogP contribution in [0, 0.1) is 10.8 Å². The van der Waals surface area contributed by atoms with Gasteiger partial charge in [0.15, 0.2) is 0 Å². The van der Waals surface area contributed by atoms with E-state index in [9.17, 15) is 4.79 Å². The van der Waals surface area contributed by atoms with Crippen LogP contribution in [-0.4, -0.2) is 48.7 Å². The molecule has 0 bridgehead atoms. The molecular formula is C12H22N2O2. The highest BCUT2D eigenvalue weighted by Crippen LogP contribution is 2.35. The second-order valence-corrected chi connectivity index (χ2v) is 6.07. The Balaban J connectivity index is 1.83. The van der Waals surface area contributed by atoms with E-state index in [4.69, 9.17) is 5.11 Å². The van der Waals surface area contributed by atoms with Gasteiger partial charge in [-0.2, -0.15) is 0 Å². The van der Waals surface area contributed by atoms with Crippen LogP contribution in [0.4, 0.5) is 0 Å². The number of hydrogen-bond acceptors (Lipinski definition) is 3. The highest BCUT2D eigenvalue weighted by atomic mass is 16.4. The molecule has 0 unspecified atom stereocenters. The highest BCUT2D eigenvalue weighted by Gasteiger charge is 2.41. The molecule has 4 nitrogen and oxygen atoms in total. The lowest BCUT2D eigenvalue weighted by Gasteiger charge is -2.49. The van der Waals surface area contributed by atoms with Crippen molar-refractivity contribution >= 4 is 5.97 Å². The van der Waals surface area contributed by atoms with Gasteiger partial charge in [0.1, 0.15) is 0 Å². The summed E-state index contributed by atoms with van der Waals surface area (Å²) in [7, 11) is 0. The van der Waals surface area contributed by atoms with Crippen LogP contribution < -0.4 is 5.32 Å². The molecule has 2 rings (SSSR count). The minimum absolute atomic E-state index is 0.546. The topological polar surface area (TPSA) is 52.6 Å². The lowest BCUT2D eigenvalue weighted by molar-refractivity contribution is -0.148. The van der Waals surface area contributed by atoms with Gasteiger partial charge in [-0.1, -0.05) is 0 Å². The monoisotopic (exact) mass is 226 g/mol. The molecule has 0 amide bonds. The average molecular weight is 226 g/mol. The molecule has 2 aliphatic heterocycles. The summed E-state index contributed by atoms with van der Waals surface area (Å²) < 4.78 is 0. The van der Waals surface area contributed by atoms with Gasteiger partial charge in [0, 0.05) is 19.6 Å². The van der Waals surface area contributed by atoms with Crippen molar-refractivity contribution in [3.8, 4) is 0 Å². The first-order valence-corrected chi connectivity index (χ1v) is 6.10. The molecule has 0 aromatic carbocycles. The Morgan fingerprint density at radius 3 is 2.31 bits per heavy atom. The second kappa shape index (κ2) is 4.00. The van der Waals surface area contributed by atoms with Crippen molar-refractivity contribution in [2.45, 2.75) is 26.7 Å². The second-order valence-electron chi connectivity index (χ2n) is 6.07. The molecule has 1 spiro atoms. The van der Waals surface area contributed by atoms with Gasteiger partial charge in [0.25, 0.3) is 0 Å². The van der Waals surface area contributed by atoms with Crippen molar-refractivity contribution in [1.82, 2.24) is 10.2 Å². The minimum Gasteiger partial charge on any atom is -0.481 e. The lowest BCUT2D eigenvalue weighted by atomic mass is 9.73. The molecule has 2 fully saturated rings. The number of carboxylic acid groups (broad SMARTS) is 1. The molecule has 2 aliphatic rings. The summed E-state index contributed by atoms with van der Waals surface area (Å²) in [4.78, 5) is 13.4. The molecule has 0 aliphatic carbocycles. The zero-order chi connectivity index (χ0) is 11.8. The van der Waals surface area contributed by atoms with Crippen molar-refractivity contribution in [1.29, 1.82) is 0 Å². The van der Waals surface area contributed by atoms with E-state index in [2.05, 4.69) is 10.2 Å².